The maximum atomic E-state index is 13.9. The molecule has 210 valence electrons. The second-order valence-corrected chi connectivity index (χ2v) is 11.0. The minimum Gasteiger partial charge on any atom is -0.340 e. The van der Waals surface area contributed by atoms with E-state index in [1.807, 2.05) is 0 Å². The lowest BCUT2D eigenvalue weighted by molar-refractivity contribution is -0.137. The Morgan fingerprint density at radius 1 is 1.18 bits per heavy atom. The first-order valence-electron chi connectivity index (χ1n) is 13.8. The summed E-state index contributed by atoms with van der Waals surface area (Å²) >= 11 is 0. The van der Waals surface area contributed by atoms with Gasteiger partial charge in [-0.15, -0.1) is 0 Å². The van der Waals surface area contributed by atoms with E-state index >= 15 is 0 Å². The molecular weight excluding hydrogens is 525 g/mol. The number of fused-ring (bicyclic) bond motifs is 1. The molecule has 3 amide bonds. The Labute approximate surface area is 228 Å². The number of nitrogens with zero attached hydrogens (tertiary/aromatic N) is 5. The molecule has 2 aliphatic heterocycles. The van der Waals surface area contributed by atoms with Gasteiger partial charge < -0.3 is 10.2 Å². The zero-order chi connectivity index (χ0) is 28.3. The van der Waals surface area contributed by atoms with E-state index in [2.05, 4.69) is 11.4 Å². The molecular formula is C28H29F3N6O3. The first kappa shape index (κ1) is 26.3. The first-order valence-corrected chi connectivity index (χ1v) is 13.8. The zero-order valence-corrected chi connectivity index (χ0v) is 21.9. The Kier molecular flexibility index (Phi) is 6.35. The number of carbonyl (C=O) groups excluding carboxylic acids is 3. The van der Waals surface area contributed by atoms with Crippen LogP contribution in [0, 0.1) is 17.2 Å². The lowest BCUT2D eigenvalue weighted by atomic mass is 9.82. The van der Waals surface area contributed by atoms with E-state index in [0.717, 1.165) is 43.9 Å². The number of halogens is 3. The Bertz CT molecular complexity index is 1420. The fourth-order valence-electron chi connectivity index (χ4n) is 6.10. The molecule has 0 unspecified atom stereocenters. The summed E-state index contributed by atoms with van der Waals surface area (Å²) in [6.07, 6.45) is -0.0428. The number of benzene rings is 1. The van der Waals surface area contributed by atoms with Gasteiger partial charge in [0.25, 0.3) is 17.7 Å². The third kappa shape index (κ3) is 4.41. The summed E-state index contributed by atoms with van der Waals surface area (Å²) in [6, 6.07) is 4.72. The van der Waals surface area contributed by atoms with Gasteiger partial charge in [-0.05, 0) is 69.6 Å². The number of rotatable bonds is 6. The van der Waals surface area contributed by atoms with Crippen LogP contribution < -0.4 is 10.2 Å². The second-order valence-electron chi connectivity index (χ2n) is 11.0. The number of hydrogen-bond donors (Lipinski definition) is 1. The predicted molar refractivity (Wildman–Crippen MR) is 136 cm³/mol. The van der Waals surface area contributed by atoms with Crippen LogP contribution in [0.3, 0.4) is 0 Å². The second kappa shape index (κ2) is 9.64. The number of alkyl halides is 3. The van der Waals surface area contributed by atoms with E-state index in [1.165, 1.54) is 15.9 Å². The SMILES string of the molecule is CCN1C(=O)[C@@H](NC(=O)c2cccc(C(F)(F)F)c2)[C@@H](C2CC2)c2c(C(=O)N3CCC[C@H]3C#N)nn(C3CC3)c21. The van der Waals surface area contributed by atoms with Gasteiger partial charge in [-0.25, -0.2) is 4.68 Å². The molecule has 3 atom stereocenters. The molecule has 2 saturated carbocycles. The summed E-state index contributed by atoms with van der Waals surface area (Å²) < 4.78 is 41.7. The molecule has 6 rings (SSSR count). The van der Waals surface area contributed by atoms with Crippen molar-refractivity contribution < 1.29 is 27.6 Å². The summed E-state index contributed by atoms with van der Waals surface area (Å²) in [4.78, 5) is 44.2. The highest BCUT2D eigenvalue weighted by molar-refractivity contribution is 6.07. The largest absolute Gasteiger partial charge is 0.416 e. The lowest BCUT2D eigenvalue weighted by Crippen LogP contribution is -2.56. The molecule has 1 saturated heterocycles. The number of hydrogen-bond acceptors (Lipinski definition) is 5. The minimum absolute atomic E-state index is 0.00209. The zero-order valence-electron chi connectivity index (χ0n) is 21.9. The number of anilines is 1. The van der Waals surface area contributed by atoms with Gasteiger partial charge in [0.1, 0.15) is 17.9 Å². The van der Waals surface area contributed by atoms with Gasteiger partial charge in [0.15, 0.2) is 5.69 Å². The van der Waals surface area contributed by atoms with Crippen molar-refractivity contribution in [2.75, 3.05) is 18.0 Å². The quantitative estimate of drug-likeness (QED) is 0.580. The van der Waals surface area contributed by atoms with Gasteiger partial charge in [0, 0.05) is 30.1 Å². The normalized spacial score (nSPS) is 24.6. The van der Waals surface area contributed by atoms with Crippen LogP contribution in [0.5, 0.6) is 0 Å². The molecule has 3 fully saturated rings. The number of aromatic nitrogens is 2. The van der Waals surface area contributed by atoms with Gasteiger partial charge >= 0.3 is 6.18 Å². The molecule has 1 N–H and O–H groups in total. The molecule has 4 aliphatic rings. The van der Waals surface area contributed by atoms with E-state index in [-0.39, 0.29) is 41.6 Å². The van der Waals surface area contributed by atoms with Crippen molar-refractivity contribution in [1.82, 2.24) is 20.0 Å². The summed E-state index contributed by atoms with van der Waals surface area (Å²) in [7, 11) is 0. The van der Waals surface area contributed by atoms with Crippen LogP contribution in [0.1, 0.15) is 89.4 Å². The minimum atomic E-state index is -4.62. The van der Waals surface area contributed by atoms with Crippen LogP contribution in [0.15, 0.2) is 24.3 Å². The fourth-order valence-corrected chi connectivity index (χ4v) is 6.10. The van der Waals surface area contributed by atoms with Crippen molar-refractivity contribution in [1.29, 1.82) is 5.26 Å². The summed E-state index contributed by atoms with van der Waals surface area (Å²) in [5.74, 6) is -1.52. The third-order valence-electron chi connectivity index (χ3n) is 8.34. The van der Waals surface area contributed by atoms with E-state index < -0.39 is 35.6 Å². The van der Waals surface area contributed by atoms with Crippen LogP contribution >= 0.6 is 0 Å². The summed E-state index contributed by atoms with van der Waals surface area (Å²) in [5.41, 5.74) is -0.364. The Morgan fingerprint density at radius 2 is 1.93 bits per heavy atom. The number of likely N-dealkylation sites (N-methyl/N-ethyl adjacent to an activating group) is 1. The van der Waals surface area contributed by atoms with E-state index in [9.17, 15) is 32.8 Å². The van der Waals surface area contributed by atoms with E-state index in [4.69, 9.17) is 5.10 Å². The molecule has 0 radical (unpaired) electrons. The smallest absolute Gasteiger partial charge is 0.340 e. The molecule has 1 aromatic heterocycles. The number of carbonyl (C=O) groups is 3. The van der Waals surface area contributed by atoms with Gasteiger partial charge in [-0.3, -0.25) is 19.3 Å². The molecule has 3 heterocycles. The molecule has 40 heavy (non-hydrogen) atoms. The van der Waals surface area contributed by atoms with Gasteiger partial charge in [-0.1, -0.05) is 6.07 Å². The number of nitriles is 1. The summed E-state index contributed by atoms with van der Waals surface area (Å²) in [5, 5.41) is 17.1. The van der Waals surface area contributed by atoms with Crippen molar-refractivity contribution in [2.45, 2.75) is 75.7 Å². The van der Waals surface area contributed by atoms with Crippen molar-refractivity contribution in [3.05, 3.63) is 46.6 Å². The predicted octanol–water partition coefficient (Wildman–Crippen LogP) is 4.02. The monoisotopic (exact) mass is 554 g/mol. The molecule has 0 spiro atoms. The van der Waals surface area contributed by atoms with Crippen LogP contribution in [0.4, 0.5) is 19.0 Å². The van der Waals surface area contributed by atoms with Crippen molar-refractivity contribution in [3.8, 4) is 6.07 Å². The number of nitrogens with one attached hydrogen (secondary N) is 1. The van der Waals surface area contributed by atoms with Gasteiger partial charge in [0.05, 0.1) is 17.7 Å². The van der Waals surface area contributed by atoms with Crippen LogP contribution in [-0.2, 0) is 11.0 Å². The average molecular weight is 555 g/mol. The molecule has 2 aromatic rings. The maximum absolute atomic E-state index is 13.9. The van der Waals surface area contributed by atoms with Gasteiger partial charge in [0.2, 0.25) is 0 Å². The molecule has 1 aromatic carbocycles. The van der Waals surface area contributed by atoms with Crippen LogP contribution in [-0.4, -0.2) is 57.6 Å². The molecule has 2 aliphatic carbocycles. The fraction of sp³-hybridized carbons (Fsp3) is 0.536. The summed E-state index contributed by atoms with van der Waals surface area (Å²) in [6.45, 7) is 2.49. The Morgan fingerprint density at radius 3 is 2.55 bits per heavy atom. The van der Waals surface area contributed by atoms with E-state index in [1.54, 1.807) is 11.6 Å². The number of likely N-dealkylation sites (tertiary alicyclic amines) is 1. The number of amides is 3. The molecule has 0 bridgehead atoms. The van der Waals surface area contributed by atoms with Crippen LogP contribution in [0.25, 0.3) is 0 Å². The lowest BCUT2D eigenvalue weighted by Gasteiger charge is -2.38. The van der Waals surface area contributed by atoms with Gasteiger partial charge in [-0.2, -0.15) is 23.5 Å². The Hall–Kier alpha value is -3.88. The van der Waals surface area contributed by atoms with Crippen molar-refractivity contribution >= 4 is 23.5 Å². The van der Waals surface area contributed by atoms with Crippen molar-refractivity contribution in [3.63, 3.8) is 0 Å². The standard InChI is InChI=1S/C28H29F3N6O3/c1-2-35-25-21(23(34-37(25)18-10-11-18)27(40)36-12-4-7-19(36)14-32)20(15-8-9-15)22(26(35)39)33-24(38)16-5-3-6-17(13-16)28(29,30)31/h3,5-6,13,15,18-20,22H,2,4,7-12H2,1H3,(H,33,38)/t19-,20-,22-/m0/s1. The first-order chi connectivity index (χ1) is 19.1. The highest BCUT2D eigenvalue weighted by Crippen LogP contribution is 2.53. The highest BCUT2D eigenvalue weighted by Gasteiger charge is 2.53. The maximum Gasteiger partial charge on any atom is 0.416 e. The third-order valence-corrected chi connectivity index (χ3v) is 8.34. The Balaban J connectivity index is 1.43. The van der Waals surface area contributed by atoms with Crippen molar-refractivity contribution in [2.24, 2.45) is 5.92 Å². The van der Waals surface area contributed by atoms with E-state index in [0.29, 0.717) is 30.8 Å². The average Bonchev–Trinajstić information content (AvgIpc) is 3.87. The topological polar surface area (TPSA) is 111 Å². The van der Waals surface area contributed by atoms with Crippen LogP contribution in [0.2, 0.25) is 0 Å². The molecule has 12 heteroatoms. The molecule has 9 nitrogen and oxygen atoms in total. The highest BCUT2D eigenvalue weighted by atomic mass is 19.4.